The number of rotatable bonds is 6. The largest absolute Gasteiger partial charge is 0.487 e. The van der Waals surface area contributed by atoms with Crippen molar-refractivity contribution in [1.29, 1.82) is 0 Å². The number of amides is 1. The van der Waals surface area contributed by atoms with Gasteiger partial charge in [0, 0.05) is 26.1 Å². The van der Waals surface area contributed by atoms with Gasteiger partial charge in [0.15, 0.2) is 0 Å². The number of carbonyl (C=O) groups is 2. The van der Waals surface area contributed by atoms with E-state index >= 15 is 0 Å². The summed E-state index contributed by atoms with van der Waals surface area (Å²) >= 11 is 12.3. The molecule has 206 valence electrons. The van der Waals surface area contributed by atoms with E-state index in [0.717, 1.165) is 43.2 Å². The van der Waals surface area contributed by atoms with Gasteiger partial charge >= 0.3 is 5.97 Å². The van der Waals surface area contributed by atoms with Crippen molar-refractivity contribution in [2.45, 2.75) is 81.1 Å². The maximum atomic E-state index is 13.6. The highest BCUT2D eigenvalue weighted by Crippen LogP contribution is 2.66. The lowest BCUT2D eigenvalue weighted by Gasteiger charge is -2.65. The summed E-state index contributed by atoms with van der Waals surface area (Å²) in [5.74, 6) is 1.41. The Balaban J connectivity index is 1.28. The molecule has 2 bridgehead atoms. The van der Waals surface area contributed by atoms with Crippen molar-refractivity contribution >= 4 is 35.1 Å². The molecular weight excluding hydrogens is 535 g/mol. The summed E-state index contributed by atoms with van der Waals surface area (Å²) in [4.78, 5) is 30.9. The van der Waals surface area contributed by atoms with Crippen LogP contribution in [-0.2, 0) is 32.6 Å². The SMILES string of the molecule is CC(=O)O[C@@]12CCC(N(C)C(=O)Cc3ccc(Cl)c(Cl)c3)C3Oc4cccc5c4[C@@]31CCN(CC1CC1)[C@@H]2C5. The zero-order valence-corrected chi connectivity index (χ0v) is 23.9. The van der Waals surface area contributed by atoms with Crippen molar-refractivity contribution in [3.63, 3.8) is 0 Å². The van der Waals surface area contributed by atoms with Crippen LogP contribution in [-0.4, -0.2) is 65.6 Å². The van der Waals surface area contributed by atoms with Crippen molar-refractivity contribution < 1.29 is 19.1 Å². The summed E-state index contributed by atoms with van der Waals surface area (Å²) in [5.41, 5.74) is 2.20. The molecule has 2 aromatic carbocycles. The van der Waals surface area contributed by atoms with E-state index in [4.69, 9.17) is 32.7 Å². The van der Waals surface area contributed by atoms with Crippen LogP contribution < -0.4 is 4.74 Å². The first-order valence-electron chi connectivity index (χ1n) is 14.2. The Hall–Kier alpha value is -2.28. The minimum atomic E-state index is -0.666. The molecule has 3 fully saturated rings. The number of likely N-dealkylation sites (tertiary alicyclic amines) is 1. The monoisotopic (exact) mass is 568 g/mol. The lowest BCUT2D eigenvalue weighted by Crippen LogP contribution is -2.79. The predicted molar refractivity (Wildman–Crippen MR) is 149 cm³/mol. The van der Waals surface area contributed by atoms with E-state index < -0.39 is 11.0 Å². The summed E-state index contributed by atoms with van der Waals surface area (Å²) in [6, 6.07) is 11.7. The highest BCUT2D eigenvalue weighted by molar-refractivity contribution is 6.42. The van der Waals surface area contributed by atoms with E-state index in [0.29, 0.717) is 22.9 Å². The third-order valence-electron chi connectivity index (χ3n) is 10.1. The molecule has 2 unspecified atom stereocenters. The fourth-order valence-electron chi connectivity index (χ4n) is 8.39. The molecule has 3 aliphatic carbocycles. The second-order valence-corrected chi connectivity index (χ2v) is 13.0. The Morgan fingerprint density at radius 3 is 2.69 bits per heavy atom. The highest BCUT2D eigenvalue weighted by Gasteiger charge is 2.75. The minimum absolute atomic E-state index is 0.00748. The van der Waals surface area contributed by atoms with Crippen molar-refractivity contribution in [3.8, 4) is 5.75 Å². The molecule has 0 N–H and O–H groups in total. The van der Waals surface area contributed by atoms with Gasteiger partial charge in [-0.15, -0.1) is 0 Å². The lowest BCUT2D eigenvalue weighted by molar-refractivity contribution is -0.223. The second-order valence-electron chi connectivity index (χ2n) is 12.2. The van der Waals surface area contributed by atoms with Gasteiger partial charge in [0.1, 0.15) is 17.5 Å². The van der Waals surface area contributed by atoms with Gasteiger partial charge in [-0.1, -0.05) is 41.4 Å². The summed E-state index contributed by atoms with van der Waals surface area (Å²) in [5, 5.41) is 0.919. The van der Waals surface area contributed by atoms with Crippen LogP contribution in [0.3, 0.4) is 0 Å². The van der Waals surface area contributed by atoms with Crippen molar-refractivity contribution in [1.82, 2.24) is 9.80 Å². The average Bonchev–Trinajstić information content (AvgIpc) is 3.65. The van der Waals surface area contributed by atoms with Crippen LogP contribution in [0.25, 0.3) is 0 Å². The van der Waals surface area contributed by atoms with Crippen LogP contribution in [0.2, 0.25) is 10.0 Å². The molecule has 6 nitrogen and oxygen atoms in total. The maximum Gasteiger partial charge on any atom is 0.303 e. The zero-order valence-electron chi connectivity index (χ0n) is 22.4. The number of carbonyl (C=O) groups excluding carboxylic acids is 2. The Morgan fingerprint density at radius 2 is 1.95 bits per heavy atom. The molecule has 2 heterocycles. The van der Waals surface area contributed by atoms with Crippen molar-refractivity contribution in [2.75, 3.05) is 20.1 Å². The Labute approximate surface area is 239 Å². The number of ether oxygens (including phenoxy) is 2. The number of benzene rings is 2. The summed E-state index contributed by atoms with van der Waals surface area (Å²) in [6.07, 6.45) is 5.65. The normalized spacial score (nSPS) is 32.3. The number of hydrogen-bond acceptors (Lipinski definition) is 5. The standard InChI is InChI=1S/C31H34Cl2N2O4/c1-18(36)39-31-11-10-24(34(2)27(37)15-20-8-9-22(32)23(33)14-20)29-30(31)12-13-35(17-19-6-7-19)26(31)16-21-4-3-5-25(38-29)28(21)30/h3-5,8-9,14,19,24,26,29H,6-7,10-13,15-17H2,1-2H3/t24?,26-,29?,30+,31-/m1/s1. The Bertz CT molecular complexity index is 1360. The van der Waals surface area contributed by atoms with Crippen LogP contribution >= 0.6 is 23.2 Å². The van der Waals surface area contributed by atoms with E-state index in [1.54, 1.807) is 12.1 Å². The number of piperidine rings is 1. The predicted octanol–water partition coefficient (Wildman–Crippen LogP) is 5.20. The van der Waals surface area contributed by atoms with Crippen LogP contribution in [0.4, 0.5) is 0 Å². The highest BCUT2D eigenvalue weighted by atomic mass is 35.5. The first kappa shape index (κ1) is 25.7. The number of esters is 1. The molecule has 5 atom stereocenters. The van der Waals surface area contributed by atoms with Crippen LogP contribution in [0.5, 0.6) is 5.75 Å². The van der Waals surface area contributed by atoms with Gasteiger partial charge < -0.3 is 14.4 Å². The smallest absolute Gasteiger partial charge is 0.303 e. The van der Waals surface area contributed by atoms with Gasteiger partial charge in [-0.25, -0.2) is 0 Å². The first-order chi connectivity index (χ1) is 18.7. The molecule has 1 spiro atoms. The zero-order chi connectivity index (χ0) is 27.1. The van der Waals surface area contributed by atoms with E-state index in [2.05, 4.69) is 23.1 Å². The van der Waals surface area contributed by atoms with E-state index in [9.17, 15) is 9.59 Å². The Kier molecular flexibility index (Phi) is 6.00. The van der Waals surface area contributed by atoms with Crippen molar-refractivity contribution in [3.05, 3.63) is 63.1 Å². The van der Waals surface area contributed by atoms with Gasteiger partial charge in [-0.2, -0.15) is 0 Å². The molecule has 7 rings (SSSR count). The number of halogens is 2. The summed E-state index contributed by atoms with van der Waals surface area (Å²) in [6.45, 7) is 3.55. The molecule has 2 aromatic rings. The third-order valence-corrected chi connectivity index (χ3v) is 10.9. The van der Waals surface area contributed by atoms with E-state index in [-0.39, 0.29) is 36.5 Å². The quantitative estimate of drug-likeness (QED) is 0.448. The molecule has 0 radical (unpaired) electrons. The molecule has 1 amide bonds. The van der Waals surface area contributed by atoms with Gasteiger partial charge in [-0.3, -0.25) is 14.5 Å². The van der Waals surface area contributed by atoms with Gasteiger partial charge in [-0.05, 0) is 80.3 Å². The number of nitrogens with zero attached hydrogens (tertiary/aromatic N) is 2. The molecule has 0 aromatic heterocycles. The van der Waals surface area contributed by atoms with Crippen LogP contribution in [0.15, 0.2) is 36.4 Å². The lowest BCUT2D eigenvalue weighted by atomic mass is 9.48. The molecule has 2 aliphatic heterocycles. The van der Waals surface area contributed by atoms with Crippen LogP contribution in [0.1, 0.15) is 55.7 Å². The molecule has 5 aliphatic rings. The molecule has 2 saturated carbocycles. The average molecular weight is 570 g/mol. The van der Waals surface area contributed by atoms with Gasteiger partial charge in [0.25, 0.3) is 0 Å². The molecule has 8 heteroatoms. The summed E-state index contributed by atoms with van der Waals surface area (Å²) in [7, 11) is 1.88. The second kappa shape index (κ2) is 9.12. The first-order valence-corrected chi connectivity index (χ1v) is 14.9. The molecular formula is C31H34Cl2N2O4. The topological polar surface area (TPSA) is 59.1 Å². The van der Waals surface area contributed by atoms with Gasteiger partial charge in [0.05, 0.1) is 34.0 Å². The maximum absolute atomic E-state index is 13.6. The number of hydrogen-bond donors (Lipinski definition) is 0. The minimum Gasteiger partial charge on any atom is -0.487 e. The summed E-state index contributed by atoms with van der Waals surface area (Å²) < 4.78 is 13.4. The van der Waals surface area contributed by atoms with E-state index in [1.165, 1.54) is 30.9 Å². The fraction of sp³-hybridized carbons (Fsp3) is 0.548. The number of likely N-dealkylation sites (N-methyl/N-ethyl adjacent to an activating group) is 1. The molecule has 39 heavy (non-hydrogen) atoms. The third kappa shape index (κ3) is 3.78. The van der Waals surface area contributed by atoms with Crippen LogP contribution in [0, 0.1) is 5.92 Å². The molecule has 1 saturated heterocycles. The Morgan fingerprint density at radius 1 is 1.13 bits per heavy atom. The van der Waals surface area contributed by atoms with E-state index in [1.807, 2.05) is 18.0 Å². The van der Waals surface area contributed by atoms with Gasteiger partial charge in [0.2, 0.25) is 5.91 Å². The fourth-order valence-corrected chi connectivity index (χ4v) is 8.71. The van der Waals surface area contributed by atoms with Crippen molar-refractivity contribution in [2.24, 2.45) is 5.92 Å².